The van der Waals surface area contributed by atoms with Gasteiger partial charge in [0.05, 0.1) is 11.1 Å². The Balaban J connectivity index is 1.76. The monoisotopic (exact) mass is 321 g/mol. The minimum Gasteiger partial charge on any atom is -0.274 e. The summed E-state index contributed by atoms with van der Waals surface area (Å²) in [6.07, 6.45) is 6.34. The third kappa shape index (κ3) is 1.80. The number of imide groups is 1. The number of carbonyl (C=O) groups is 2. The van der Waals surface area contributed by atoms with Crippen LogP contribution in [0.2, 0.25) is 10.0 Å². The standard InChI is InChI=1S/C16H13Cl2NO2/c17-11-4-12(18)6-13(5-11)19-14(20)8-16(15(19)21)7-9-1-2-10(16)3-9/h1-2,4-6,9-10H,3,7-8H2/t9-,10-,16+/m1/s1. The van der Waals surface area contributed by atoms with Crippen LogP contribution >= 0.6 is 23.2 Å². The molecule has 1 aliphatic heterocycles. The van der Waals surface area contributed by atoms with Crippen molar-refractivity contribution in [2.24, 2.45) is 17.3 Å². The van der Waals surface area contributed by atoms with Gasteiger partial charge in [-0.1, -0.05) is 35.4 Å². The number of hydrogen-bond acceptors (Lipinski definition) is 2. The van der Waals surface area contributed by atoms with Crippen LogP contribution in [-0.4, -0.2) is 11.8 Å². The first kappa shape index (κ1) is 13.4. The van der Waals surface area contributed by atoms with Crippen molar-refractivity contribution in [3.05, 3.63) is 40.4 Å². The molecule has 3 atom stereocenters. The van der Waals surface area contributed by atoms with E-state index in [0.717, 1.165) is 12.8 Å². The van der Waals surface area contributed by atoms with Crippen molar-refractivity contribution in [2.45, 2.75) is 19.3 Å². The van der Waals surface area contributed by atoms with E-state index in [2.05, 4.69) is 12.2 Å². The van der Waals surface area contributed by atoms with Crippen LogP contribution in [0.1, 0.15) is 19.3 Å². The zero-order valence-electron chi connectivity index (χ0n) is 11.2. The maximum Gasteiger partial charge on any atom is 0.241 e. The molecule has 1 heterocycles. The molecule has 2 amide bonds. The Kier molecular flexibility index (Phi) is 2.76. The summed E-state index contributed by atoms with van der Waals surface area (Å²) in [4.78, 5) is 26.6. The highest BCUT2D eigenvalue weighted by Gasteiger charge is 2.60. The SMILES string of the molecule is O=C1C[C@]2(C[C@@H]3C=C[C@@H]2C3)C(=O)N1c1cc(Cl)cc(Cl)c1. The molecule has 2 fully saturated rings. The molecular formula is C16H13Cl2NO2. The average molecular weight is 322 g/mol. The van der Waals surface area contributed by atoms with Gasteiger partial charge in [-0.2, -0.15) is 0 Å². The molecule has 0 unspecified atom stereocenters. The van der Waals surface area contributed by atoms with Gasteiger partial charge in [0.1, 0.15) is 0 Å². The molecule has 1 saturated heterocycles. The van der Waals surface area contributed by atoms with Crippen LogP contribution in [0.5, 0.6) is 0 Å². The smallest absolute Gasteiger partial charge is 0.241 e. The van der Waals surface area contributed by atoms with Crippen molar-refractivity contribution < 1.29 is 9.59 Å². The third-order valence-electron chi connectivity index (χ3n) is 4.96. The molecule has 0 radical (unpaired) electrons. The first-order valence-corrected chi connectivity index (χ1v) is 7.77. The molecule has 2 aliphatic carbocycles. The number of amides is 2. The molecule has 0 N–H and O–H groups in total. The fourth-order valence-electron chi connectivity index (χ4n) is 4.09. The molecule has 3 aliphatic rings. The molecule has 108 valence electrons. The number of nitrogens with zero attached hydrogens (tertiary/aromatic N) is 1. The van der Waals surface area contributed by atoms with E-state index in [4.69, 9.17) is 23.2 Å². The Morgan fingerprint density at radius 1 is 1.10 bits per heavy atom. The van der Waals surface area contributed by atoms with E-state index in [-0.39, 0.29) is 17.7 Å². The van der Waals surface area contributed by atoms with Crippen LogP contribution in [0.25, 0.3) is 0 Å². The average Bonchev–Trinajstić information content (AvgIpc) is 3.03. The van der Waals surface area contributed by atoms with E-state index in [0.29, 0.717) is 28.1 Å². The predicted molar refractivity (Wildman–Crippen MR) is 81.4 cm³/mol. The van der Waals surface area contributed by atoms with Crippen molar-refractivity contribution in [2.75, 3.05) is 4.90 Å². The fourth-order valence-corrected chi connectivity index (χ4v) is 4.61. The van der Waals surface area contributed by atoms with E-state index >= 15 is 0 Å². The van der Waals surface area contributed by atoms with E-state index in [1.165, 1.54) is 4.90 Å². The molecule has 1 saturated carbocycles. The third-order valence-corrected chi connectivity index (χ3v) is 5.40. The zero-order chi connectivity index (χ0) is 14.8. The van der Waals surface area contributed by atoms with Crippen molar-refractivity contribution in [3.8, 4) is 0 Å². The van der Waals surface area contributed by atoms with E-state index in [1.807, 2.05) is 0 Å². The number of hydrogen-bond donors (Lipinski definition) is 0. The Morgan fingerprint density at radius 2 is 1.81 bits per heavy atom. The molecule has 0 aromatic heterocycles. The maximum absolute atomic E-state index is 12.9. The highest BCUT2D eigenvalue weighted by Crippen LogP contribution is 2.58. The fraction of sp³-hybridized carbons (Fsp3) is 0.375. The number of halogens is 2. The van der Waals surface area contributed by atoms with Crippen LogP contribution in [0.3, 0.4) is 0 Å². The second kappa shape index (κ2) is 4.34. The maximum atomic E-state index is 12.9. The lowest BCUT2D eigenvalue weighted by molar-refractivity contribution is -0.126. The first-order valence-electron chi connectivity index (χ1n) is 7.01. The highest BCUT2D eigenvalue weighted by molar-refractivity contribution is 6.35. The normalized spacial score (nSPS) is 33.7. The summed E-state index contributed by atoms with van der Waals surface area (Å²) in [5.41, 5.74) is -0.0585. The quantitative estimate of drug-likeness (QED) is 0.582. The van der Waals surface area contributed by atoms with Gasteiger partial charge in [0.2, 0.25) is 11.8 Å². The van der Waals surface area contributed by atoms with Gasteiger partial charge in [0.15, 0.2) is 0 Å². The lowest BCUT2D eigenvalue weighted by Crippen LogP contribution is -2.38. The van der Waals surface area contributed by atoms with Crippen LogP contribution in [0, 0.1) is 17.3 Å². The van der Waals surface area contributed by atoms with Gasteiger partial charge in [-0.3, -0.25) is 9.59 Å². The summed E-state index contributed by atoms with van der Waals surface area (Å²) >= 11 is 12.0. The first-order chi connectivity index (χ1) is 9.99. The lowest BCUT2D eigenvalue weighted by Gasteiger charge is -2.28. The molecule has 2 bridgehead atoms. The predicted octanol–water partition coefficient (Wildman–Crippen LogP) is 3.84. The zero-order valence-corrected chi connectivity index (χ0v) is 12.7. The Labute approximate surface area is 132 Å². The largest absolute Gasteiger partial charge is 0.274 e. The summed E-state index contributed by atoms with van der Waals surface area (Å²) in [5.74, 6) is 0.384. The number of rotatable bonds is 1. The van der Waals surface area contributed by atoms with Gasteiger partial charge >= 0.3 is 0 Å². The molecule has 3 nitrogen and oxygen atoms in total. The van der Waals surface area contributed by atoms with Crippen LogP contribution in [0.4, 0.5) is 5.69 Å². The minimum atomic E-state index is -0.536. The minimum absolute atomic E-state index is 0.0947. The molecule has 5 heteroatoms. The summed E-state index contributed by atoms with van der Waals surface area (Å²) in [7, 11) is 0. The summed E-state index contributed by atoms with van der Waals surface area (Å²) in [6, 6.07) is 4.82. The summed E-state index contributed by atoms with van der Waals surface area (Å²) in [6.45, 7) is 0. The summed E-state index contributed by atoms with van der Waals surface area (Å²) in [5, 5.41) is 0.846. The Morgan fingerprint density at radius 3 is 2.38 bits per heavy atom. The van der Waals surface area contributed by atoms with Crippen LogP contribution in [-0.2, 0) is 9.59 Å². The molecular weight excluding hydrogens is 309 g/mol. The van der Waals surface area contributed by atoms with E-state index in [1.54, 1.807) is 18.2 Å². The highest BCUT2D eigenvalue weighted by atomic mass is 35.5. The number of carbonyl (C=O) groups excluding carboxylic acids is 2. The van der Waals surface area contributed by atoms with Gasteiger partial charge in [-0.25, -0.2) is 4.90 Å². The van der Waals surface area contributed by atoms with Crippen molar-refractivity contribution >= 4 is 40.7 Å². The molecule has 1 spiro atoms. The molecule has 4 rings (SSSR count). The Hall–Kier alpha value is -1.32. The van der Waals surface area contributed by atoms with Gasteiger partial charge in [-0.05, 0) is 42.9 Å². The number of allylic oxidation sites excluding steroid dienone is 2. The van der Waals surface area contributed by atoms with Gasteiger partial charge in [0, 0.05) is 16.5 Å². The van der Waals surface area contributed by atoms with Crippen molar-refractivity contribution in [1.82, 2.24) is 0 Å². The lowest BCUT2D eigenvalue weighted by atomic mass is 9.74. The van der Waals surface area contributed by atoms with Crippen LogP contribution in [0.15, 0.2) is 30.4 Å². The topological polar surface area (TPSA) is 37.4 Å². The Bertz CT molecular complexity index is 679. The van der Waals surface area contributed by atoms with Crippen LogP contribution < -0.4 is 4.90 Å². The number of anilines is 1. The summed E-state index contributed by atoms with van der Waals surface area (Å²) < 4.78 is 0. The van der Waals surface area contributed by atoms with E-state index in [9.17, 15) is 9.59 Å². The van der Waals surface area contributed by atoms with Gasteiger partial charge < -0.3 is 0 Å². The number of fused-ring (bicyclic) bond motifs is 3. The molecule has 21 heavy (non-hydrogen) atoms. The second-order valence-corrected chi connectivity index (χ2v) is 7.06. The van der Waals surface area contributed by atoms with Crippen molar-refractivity contribution in [3.63, 3.8) is 0 Å². The molecule has 1 aromatic carbocycles. The van der Waals surface area contributed by atoms with E-state index < -0.39 is 5.41 Å². The van der Waals surface area contributed by atoms with Crippen molar-refractivity contribution in [1.29, 1.82) is 0 Å². The molecule has 1 aromatic rings. The second-order valence-electron chi connectivity index (χ2n) is 6.19. The van der Waals surface area contributed by atoms with Gasteiger partial charge in [-0.15, -0.1) is 0 Å². The number of benzene rings is 1. The van der Waals surface area contributed by atoms with Gasteiger partial charge in [0.25, 0.3) is 0 Å².